The summed E-state index contributed by atoms with van der Waals surface area (Å²) in [4.78, 5) is 29.4. The Morgan fingerprint density at radius 3 is 2.33 bits per heavy atom. The number of sulfone groups is 1. The van der Waals surface area contributed by atoms with Crippen LogP contribution in [-0.4, -0.2) is 79.9 Å². The maximum absolute atomic E-state index is 12.8. The minimum atomic E-state index is -2.97. The van der Waals surface area contributed by atoms with Crippen LogP contribution in [0.1, 0.15) is 31.2 Å². The van der Waals surface area contributed by atoms with E-state index < -0.39 is 9.84 Å². The van der Waals surface area contributed by atoms with Gasteiger partial charge in [0.05, 0.1) is 30.1 Å². The third-order valence-corrected chi connectivity index (χ3v) is 8.40. The molecule has 30 heavy (non-hydrogen) atoms. The maximum Gasteiger partial charge on any atom is 0.227 e. The minimum Gasteiger partial charge on any atom is -0.371 e. The fourth-order valence-corrected chi connectivity index (χ4v) is 6.26. The van der Waals surface area contributed by atoms with Crippen LogP contribution in [0.2, 0.25) is 0 Å². The van der Waals surface area contributed by atoms with Crippen LogP contribution in [-0.2, 0) is 30.6 Å². The van der Waals surface area contributed by atoms with E-state index in [-0.39, 0.29) is 34.8 Å². The molecule has 3 fully saturated rings. The number of hydrogen-bond acceptors (Lipinski definition) is 5. The first-order valence-electron chi connectivity index (χ1n) is 10.8. The quantitative estimate of drug-likeness (QED) is 0.716. The van der Waals surface area contributed by atoms with E-state index in [9.17, 15) is 18.0 Å². The molecule has 3 saturated heterocycles. The van der Waals surface area contributed by atoms with E-state index in [0.29, 0.717) is 64.9 Å². The number of rotatable bonds is 3. The predicted octanol–water partition coefficient (Wildman–Crippen LogP) is 1.27. The Labute approximate surface area is 178 Å². The summed E-state index contributed by atoms with van der Waals surface area (Å²) in [5.41, 5.74) is 0.634. The molecule has 8 heteroatoms. The molecule has 1 aromatic rings. The van der Waals surface area contributed by atoms with E-state index >= 15 is 0 Å². The first-order chi connectivity index (χ1) is 14.4. The molecule has 0 aliphatic carbocycles. The van der Waals surface area contributed by atoms with E-state index in [0.717, 1.165) is 5.56 Å². The van der Waals surface area contributed by atoms with Crippen molar-refractivity contribution in [2.45, 2.75) is 37.7 Å². The van der Waals surface area contributed by atoms with Gasteiger partial charge in [0.25, 0.3) is 0 Å². The first kappa shape index (κ1) is 21.3. The molecule has 7 nitrogen and oxygen atoms in total. The van der Waals surface area contributed by atoms with Gasteiger partial charge in [0, 0.05) is 32.1 Å². The molecule has 1 spiro atoms. The molecule has 0 aromatic heterocycles. The molecule has 0 saturated carbocycles. The summed E-state index contributed by atoms with van der Waals surface area (Å²) in [5, 5.41) is 0. The van der Waals surface area contributed by atoms with Gasteiger partial charge in [-0.05, 0) is 31.2 Å². The van der Waals surface area contributed by atoms with Gasteiger partial charge in [0.15, 0.2) is 0 Å². The number of carbonyl (C=O) groups is 2. The molecule has 0 unspecified atom stereocenters. The topological polar surface area (TPSA) is 84.0 Å². The monoisotopic (exact) mass is 434 g/mol. The fourth-order valence-electron chi connectivity index (χ4n) is 4.77. The second-order valence-electron chi connectivity index (χ2n) is 8.76. The first-order valence-corrected chi connectivity index (χ1v) is 12.6. The lowest BCUT2D eigenvalue weighted by molar-refractivity contribution is -0.164. The van der Waals surface area contributed by atoms with Gasteiger partial charge < -0.3 is 14.5 Å². The van der Waals surface area contributed by atoms with Crippen molar-refractivity contribution in [3.8, 4) is 0 Å². The summed E-state index contributed by atoms with van der Waals surface area (Å²) >= 11 is 0. The highest BCUT2D eigenvalue weighted by Gasteiger charge is 2.43. The zero-order valence-electron chi connectivity index (χ0n) is 17.3. The van der Waals surface area contributed by atoms with Gasteiger partial charge in [-0.3, -0.25) is 9.59 Å². The largest absolute Gasteiger partial charge is 0.371 e. The standard InChI is InChI=1S/C22H30N2O5S/c25-20(16-18-4-2-1-3-5-18)24-12-13-29-22(17-24)8-10-23(11-9-22)21(26)19-6-14-30(27,28)15-7-19/h1-5,19H,6-17H2. The van der Waals surface area contributed by atoms with Crippen LogP contribution in [0.4, 0.5) is 0 Å². The van der Waals surface area contributed by atoms with E-state index in [2.05, 4.69) is 0 Å². The van der Waals surface area contributed by atoms with Crippen molar-refractivity contribution in [1.82, 2.24) is 9.80 Å². The molecule has 3 aliphatic rings. The van der Waals surface area contributed by atoms with Gasteiger partial charge in [-0.2, -0.15) is 0 Å². The Hall–Kier alpha value is -1.93. The van der Waals surface area contributed by atoms with E-state index in [4.69, 9.17) is 4.74 Å². The van der Waals surface area contributed by atoms with Gasteiger partial charge in [-0.1, -0.05) is 30.3 Å². The van der Waals surface area contributed by atoms with Crippen molar-refractivity contribution in [2.75, 3.05) is 44.3 Å². The summed E-state index contributed by atoms with van der Waals surface area (Å²) in [6, 6.07) is 9.76. The van der Waals surface area contributed by atoms with E-state index in [1.807, 2.05) is 40.1 Å². The Bertz CT molecular complexity index is 864. The lowest BCUT2D eigenvalue weighted by atomic mass is 9.88. The molecule has 0 bridgehead atoms. The average molecular weight is 435 g/mol. The normalized spacial score (nSPS) is 24.0. The van der Waals surface area contributed by atoms with Crippen molar-refractivity contribution < 1.29 is 22.7 Å². The van der Waals surface area contributed by atoms with Crippen molar-refractivity contribution in [3.05, 3.63) is 35.9 Å². The van der Waals surface area contributed by atoms with Crippen LogP contribution in [0.15, 0.2) is 30.3 Å². The number of piperidine rings is 1. The smallest absolute Gasteiger partial charge is 0.227 e. The van der Waals surface area contributed by atoms with E-state index in [1.54, 1.807) is 0 Å². The van der Waals surface area contributed by atoms with Gasteiger partial charge in [0.2, 0.25) is 11.8 Å². The lowest BCUT2D eigenvalue weighted by Gasteiger charge is -2.47. The van der Waals surface area contributed by atoms with Crippen LogP contribution in [0.3, 0.4) is 0 Å². The number of morpholine rings is 1. The molecule has 164 valence electrons. The molecule has 3 heterocycles. The highest BCUT2D eigenvalue weighted by molar-refractivity contribution is 7.91. The van der Waals surface area contributed by atoms with Gasteiger partial charge >= 0.3 is 0 Å². The fraction of sp³-hybridized carbons (Fsp3) is 0.636. The van der Waals surface area contributed by atoms with Crippen molar-refractivity contribution in [2.24, 2.45) is 5.92 Å². The predicted molar refractivity (Wildman–Crippen MR) is 113 cm³/mol. The molecule has 0 atom stereocenters. The highest BCUT2D eigenvalue weighted by atomic mass is 32.2. The van der Waals surface area contributed by atoms with Crippen LogP contribution in [0.25, 0.3) is 0 Å². The molecule has 3 aliphatic heterocycles. The van der Waals surface area contributed by atoms with Gasteiger partial charge in [-0.15, -0.1) is 0 Å². The van der Waals surface area contributed by atoms with Crippen molar-refractivity contribution >= 4 is 21.7 Å². The number of benzene rings is 1. The molecular weight excluding hydrogens is 404 g/mol. The second-order valence-corrected chi connectivity index (χ2v) is 11.1. The van der Waals surface area contributed by atoms with Crippen molar-refractivity contribution in [3.63, 3.8) is 0 Å². The third-order valence-electron chi connectivity index (χ3n) is 6.69. The molecule has 0 N–H and O–H groups in total. The Kier molecular flexibility index (Phi) is 6.16. The SMILES string of the molecule is O=C(Cc1ccccc1)N1CCOC2(CCN(C(=O)C3CCS(=O)(=O)CC3)CC2)C1. The molecular formula is C22H30N2O5S. The Morgan fingerprint density at radius 2 is 1.67 bits per heavy atom. The molecule has 1 aromatic carbocycles. The highest BCUT2D eigenvalue weighted by Crippen LogP contribution is 2.32. The summed E-state index contributed by atoms with van der Waals surface area (Å²) in [6.45, 7) is 2.90. The van der Waals surface area contributed by atoms with Crippen LogP contribution in [0.5, 0.6) is 0 Å². The maximum atomic E-state index is 12.8. The van der Waals surface area contributed by atoms with Gasteiger partial charge in [-0.25, -0.2) is 8.42 Å². The number of ether oxygens (including phenoxy) is 1. The molecule has 2 amide bonds. The average Bonchev–Trinajstić information content (AvgIpc) is 2.75. The summed E-state index contributed by atoms with van der Waals surface area (Å²) in [5.74, 6) is 0.239. The molecule has 4 rings (SSSR count). The van der Waals surface area contributed by atoms with Crippen LogP contribution >= 0.6 is 0 Å². The molecule has 0 radical (unpaired) electrons. The number of amides is 2. The van der Waals surface area contributed by atoms with Crippen LogP contribution in [0, 0.1) is 5.92 Å². The second kappa shape index (κ2) is 8.67. The van der Waals surface area contributed by atoms with Crippen molar-refractivity contribution in [1.29, 1.82) is 0 Å². The van der Waals surface area contributed by atoms with Gasteiger partial charge in [0.1, 0.15) is 9.84 Å². The Morgan fingerprint density at radius 1 is 1.00 bits per heavy atom. The zero-order valence-corrected chi connectivity index (χ0v) is 18.1. The number of carbonyl (C=O) groups excluding carboxylic acids is 2. The summed E-state index contributed by atoms with van der Waals surface area (Å²) < 4.78 is 29.4. The Balaban J connectivity index is 1.31. The number of likely N-dealkylation sites (tertiary alicyclic amines) is 1. The minimum absolute atomic E-state index is 0.0765. The summed E-state index contributed by atoms with van der Waals surface area (Å²) in [7, 11) is -2.97. The summed E-state index contributed by atoms with van der Waals surface area (Å²) in [6.07, 6.45) is 2.67. The number of hydrogen-bond donors (Lipinski definition) is 0. The van der Waals surface area contributed by atoms with Crippen LogP contribution < -0.4 is 0 Å². The number of nitrogens with zero attached hydrogens (tertiary/aromatic N) is 2. The lowest BCUT2D eigenvalue weighted by Crippen LogP contribution is -2.59. The third kappa shape index (κ3) is 4.86. The van der Waals surface area contributed by atoms with E-state index in [1.165, 1.54) is 0 Å². The zero-order chi connectivity index (χ0) is 21.2.